The SMILES string of the molecule is O=C1CCCC2=C1[C@H](c1cccc([N+](=O)[O-])c1)CC(=O)N2c1ccccc1. The van der Waals surface area contributed by atoms with E-state index in [0.717, 1.165) is 11.4 Å². The largest absolute Gasteiger partial charge is 0.294 e. The van der Waals surface area contributed by atoms with Gasteiger partial charge in [-0.1, -0.05) is 30.3 Å². The molecule has 1 aliphatic heterocycles. The van der Waals surface area contributed by atoms with Crippen LogP contribution in [0.5, 0.6) is 0 Å². The molecule has 0 saturated carbocycles. The molecule has 0 radical (unpaired) electrons. The monoisotopic (exact) mass is 362 g/mol. The number of carbonyl (C=O) groups is 2. The van der Waals surface area contributed by atoms with Crippen LogP contribution < -0.4 is 4.90 Å². The second-order valence-electron chi connectivity index (χ2n) is 6.81. The summed E-state index contributed by atoms with van der Waals surface area (Å²) in [7, 11) is 0. The van der Waals surface area contributed by atoms with Gasteiger partial charge in [-0.25, -0.2) is 0 Å². The highest BCUT2D eigenvalue weighted by atomic mass is 16.6. The first-order valence-electron chi connectivity index (χ1n) is 8.95. The number of nitro benzene ring substituents is 1. The van der Waals surface area contributed by atoms with Crippen LogP contribution >= 0.6 is 0 Å². The first-order valence-corrected chi connectivity index (χ1v) is 8.95. The fourth-order valence-electron chi connectivity index (χ4n) is 4.01. The second-order valence-corrected chi connectivity index (χ2v) is 6.81. The molecule has 6 heteroatoms. The summed E-state index contributed by atoms with van der Waals surface area (Å²) in [6.07, 6.45) is 1.92. The van der Waals surface area contributed by atoms with Crippen LogP contribution in [0.15, 0.2) is 65.9 Å². The Kier molecular flexibility index (Phi) is 4.32. The zero-order chi connectivity index (χ0) is 19.0. The van der Waals surface area contributed by atoms with E-state index in [9.17, 15) is 19.7 Å². The molecule has 1 heterocycles. The van der Waals surface area contributed by atoms with Crippen LogP contribution in [0.1, 0.15) is 37.2 Å². The van der Waals surface area contributed by atoms with Crippen LogP contribution in [0, 0.1) is 10.1 Å². The van der Waals surface area contributed by atoms with Crippen LogP contribution in [0.25, 0.3) is 0 Å². The van der Waals surface area contributed by atoms with Gasteiger partial charge in [-0.3, -0.25) is 24.6 Å². The maximum Gasteiger partial charge on any atom is 0.269 e. The van der Waals surface area contributed by atoms with Crippen molar-refractivity contribution >= 4 is 23.1 Å². The third-order valence-corrected chi connectivity index (χ3v) is 5.17. The average Bonchev–Trinajstić information content (AvgIpc) is 2.68. The van der Waals surface area contributed by atoms with E-state index in [1.807, 2.05) is 30.3 Å². The fraction of sp³-hybridized carbons (Fsp3) is 0.238. The number of nitro groups is 1. The van der Waals surface area contributed by atoms with Crippen molar-refractivity contribution in [2.24, 2.45) is 0 Å². The third-order valence-electron chi connectivity index (χ3n) is 5.17. The first-order chi connectivity index (χ1) is 13.1. The summed E-state index contributed by atoms with van der Waals surface area (Å²) in [4.78, 5) is 38.1. The number of para-hydroxylation sites is 1. The van der Waals surface area contributed by atoms with Crippen LogP contribution in [0.3, 0.4) is 0 Å². The van der Waals surface area contributed by atoms with Crippen molar-refractivity contribution in [3.63, 3.8) is 0 Å². The minimum Gasteiger partial charge on any atom is -0.294 e. The Bertz CT molecular complexity index is 965. The molecule has 136 valence electrons. The van der Waals surface area contributed by atoms with E-state index in [1.165, 1.54) is 12.1 Å². The molecule has 0 saturated heterocycles. The normalized spacial score (nSPS) is 19.9. The molecule has 2 aromatic rings. The molecule has 0 fully saturated rings. The molecule has 6 nitrogen and oxygen atoms in total. The second kappa shape index (κ2) is 6.79. The van der Waals surface area contributed by atoms with Crippen molar-refractivity contribution in [1.29, 1.82) is 0 Å². The zero-order valence-electron chi connectivity index (χ0n) is 14.6. The van der Waals surface area contributed by atoms with Crippen molar-refractivity contribution in [3.8, 4) is 0 Å². The van der Waals surface area contributed by atoms with E-state index in [2.05, 4.69) is 0 Å². The molecule has 0 N–H and O–H groups in total. The lowest BCUT2D eigenvalue weighted by molar-refractivity contribution is -0.384. The van der Waals surface area contributed by atoms with E-state index in [-0.39, 0.29) is 23.8 Å². The van der Waals surface area contributed by atoms with Gasteiger partial charge in [0, 0.05) is 47.8 Å². The molecule has 1 atom stereocenters. The molecule has 4 rings (SSSR count). The molecule has 0 spiro atoms. The predicted molar refractivity (Wildman–Crippen MR) is 100 cm³/mol. The Morgan fingerprint density at radius 1 is 1.00 bits per heavy atom. The maximum absolute atomic E-state index is 13.0. The summed E-state index contributed by atoms with van der Waals surface area (Å²) < 4.78 is 0. The number of amides is 1. The highest BCUT2D eigenvalue weighted by Gasteiger charge is 2.39. The molecular weight excluding hydrogens is 344 g/mol. The Morgan fingerprint density at radius 2 is 1.78 bits per heavy atom. The quantitative estimate of drug-likeness (QED) is 0.607. The number of carbonyl (C=O) groups excluding carboxylic acids is 2. The van der Waals surface area contributed by atoms with Crippen molar-refractivity contribution in [2.45, 2.75) is 31.6 Å². The molecule has 2 aromatic carbocycles. The lowest BCUT2D eigenvalue weighted by Crippen LogP contribution is -2.40. The smallest absolute Gasteiger partial charge is 0.269 e. The number of hydrogen-bond donors (Lipinski definition) is 0. The van der Waals surface area contributed by atoms with Crippen LogP contribution in [-0.4, -0.2) is 16.6 Å². The molecule has 1 amide bonds. The van der Waals surface area contributed by atoms with E-state index in [1.54, 1.807) is 17.0 Å². The maximum atomic E-state index is 13.0. The molecule has 0 bridgehead atoms. The van der Waals surface area contributed by atoms with Gasteiger partial charge < -0.3 is 0 Å². The molecule has 2 aliphatic rings. The highest BCUT2D eigenvalue weighted by molar-refractivity contribution is 6.07. The van der Waals surface area contributed by atoms with E-state index >= 15 is 0 Å². The first kappa shape index (κ1) is 17.1. The predicted octanol–water partition coefficient (Wildman–Crippen LogP) is 4.12. The Hall–Kier alpha value is -3.28. The fourth-order valence-corrected chi connectivity index (χ4v) is 4.01. The summed E-state index contributed by atoms with van der Waals surface area (Å²) in [5.74, 6) is -0.493. The minimum atomic E-state index is -0.456. The van der Waals surface area contributed by atoms with Gasteiger partial charge in [0.05, 0.1) is 4.92 Å². The number of Topliss-reactive ketones (excluding diaryl/α,β-unsaturated/α-hetero) is 1. The number of allylic oxidation sites excluding steroid dienone is 2. The zero-order valence-corrected chi connectivity index (χ0v) is 14.6. The third kappa shape index (κ3) is 3.03. The van der Waals surface area contributed by atoms with Crippen LogP contribution in [-0.2, 0) is 9.59 Å². The molecule has 27 heavy (non-hydrogen) atoms. The van der Waals surface area contributed by atoms with E-state index < -0.39 is 10.8 Å². The number of rotatable bonds is 3. The Balaban J connectivity index is 1.85. The lowest BCUT2D eigenvalue weighted by atomic mass is 9.77. The van der Waals surface area contributed by atoms with Crippen LogP contribution in [0.2, 0.25) is 0 Å². The topological polar surface area (TPSA) is 80.5 Å². The minimum absolute atomic E-state index is 0.0289. The summed E-state index contributed by atoms with van der Waals surface area (Å²) in [5, 5.41) is 11.1. The molecular formula is C21H18N2O4. The van der Waals surface area contributed by atoms with Crippen molar-refractivity contribution in [1.82, 2.24) is 0 Å². The number of hydrogen-bond acceptors (Lipinski definition) is 4. The van der Waals surface area contributed by atoms with E-state index in [0.29, 0.717) is 30.4 Å². The van der Waals surface area contributed by atoms with Crippen molar-refractivity contribution < 1.29 is 14.5 Å². The van der Waals surface area contributed by atoms with E-state index in [4.69, 9.17) is 0 Å². The van der Waals surface area contributed by atoms with Crippen molar-refractivity contribution in [3.05, 3.63) is 81.5 Å². The Morgan fingerprint density at radius 3 is 2.52 bits per heavy atom. The number of benzene rings is 2. The van der Waals surface area contributed by atoms with Gasteiger partial charge in [-0.15, -0.1) is 0 Å². The standard InChI is InChI=1S/C21H18N2O4/c24-19-11-5-10-18-21(19)17(14-6-4-9-16(12-14)23(26)27)13-20(25)22(18)15-7-2-1-3-8-15/h1-4,6-9,12,17H,5,10-11,13H2/t17-/m0/s1. The summed E-state index contributed by atoms with van der Waals surface area (Å²) in [5.41, 5.74) is 2.74. The summed E-state index contributed by atoms with van der Waals surface area (Å²) in [6, 6.07) is 15.6. The lowest BCUT2D eigenvalue weighted by Gasteiger charge is -2.38. The number of ketones is 1. The Labute approximate surface area is 156 Å². The van der Waals surface area contributed by atoms with Crippen molar-refractivity contribution in [2.75, 3.05) is 4.90 Å². The van der Waals surface area contributed by atoms with Gasteiger partial charge >= 0.3 is 0 Å². The number of nitrogens with zero attached hydrogens (tertiary/aromatic N) is 2. The number of non-ortho nitro benzene ring substituents is 1. The van der Waals surface area contributed by atoms with Gasteiger partial charge in [-0.2, -0.15) is 0 Å². The highest BCUT2D eigenvalue weighted by Crippen LogP contribution is 2.43. The molecule has 1 aliphatic carbocycles. The van der Waals surface area contributed by atoms with Crippen LogP contribution in [0.4, 0.5) is 11.4 Å². The average molecular weight is 362 g/mol. The summed E-state index contributed by atoms with van der Waals surface area (Å²) >= 11 is 0. The summed E-state index contributed by atoms with van der Waals surface area (Å²) in [6.45, 7) is 0. The van der Waals surface area contributed by atoms with Gasteiger partial charge in [0.25, 0.3) is 5.69 Å². The van der Waals surface area contributed by atoms with Gasteiger partial charge in [-0.05, 0) is 30.5 Å². The number of anilines is 1. The molecule has 0 aromatic heterocycles. The van der Waals surface area contributed by atoms with Gasteiger partial charge in [0.1, 0.15) is 0 Å². The molecule has 0 unspecified atom stereocenters. The van der Waals surface area contributed by atoms with Gasteiger partial charge in [0.15, 0.2) is 5.78 Å². The van der Waals surface area contributed by atoms with Gasteiger partial charge in [0.2, 0.25) is 5.91 Å².